The second-order valence-corrected chi connectivity index (χ2v) is 6.91. The van der Waals surface area contributed by atoms with Crippen molar-refractivity contribution in [2.24, 2.45) is 0 Å². The molecular weight excluding hydrogens is 328 g/mol. The summed E-state index contributed by atoms with van der Waals surface area (Å²) < 4.78 is 0. The lowest BCUT2D eigenvalue weighted by Crippen LogP contribution is -1.97. The first-order chi connectivity index (χ1) is 5.63. The Hall–Kier alpha value is 1.58. The molecule has 6 heteroatoms. The second kappa shape index (κ2) is 9.15. The minimum absolute atomic E-state index is 0.382. The Kier molecular flexibility index (Phi) is 10.4. The van der Waals surface area contributed by atoms with Gasteiger partial charge in [0.15, 0.2) is 0 Å². The van der Waals surface area contributed by atoms with E-state index in [-0.39, 0.29) is 10.0 Å². The second-order valence-electron chi connectivity index (χ2n) is 2.09. The molecule has 0 aromatic carbocycles. The van der Waals surface area contributed by atoms with E-state index >= 15 is 0 Å². The number of hydrogen-bond donors (Lipinski definition) is 2. The molecule has 12 heavy (non-hydrogen) atoms. The van der Waals surface area contributed by atoms with Crippen molar-refractivity contribution in [3.8, 4) is 0 Å². The predicted octanol–water partition coefficient (Wildman–Crippen LogP) is 2.57. The van der Waals surface area contributed by atoms with Crippen LogP contribution in [0, 0.1) is 0 Å². The fourth-order valence-electron chi connectivity index (χ4n) is 0.409. The summed E-state index contributed by atoms with van der Waals surface area (Å²) in [6, 6.07) is 0. The molecule has 0 aromatic rings. The third-order valence-corrected chi connectivity index (χ3v) is 4.35. The van der Waals surface area contributed by atoms with E-state index in [1.54, 1.807) is 21.6 Å². The minimum atomic E-state index is -0.382. The summed E-state index contributed by atoms with van der Waals surface area (Å²) >= 11 is 6.10. The van der Waals surface area contributed by atoms with Crippen molar-refractivity contribution in [2.45, 2.75) is 22.9 Å². The Morgan fingerprint density at radius 3 is 1.50 bits per heavy atom. The fraction of sp³-hybridized carbons (Fsp3) is 1.00. The van der Waals surface area contributed by atoms with Crippen molar-refractivity contribution in [2.75, 3.05) is 11.5 Å². The highest BCUT2D eigenvalue weighted by molar-refractivity contribution is 9.09. The molecule has 2 unspecified atom stereocenters. The molecule has 2 N–H and O–H groups in total. The van der Waals surface area contributed by atoms with Gasteiger partial charge in [0.2, 0.25) is 0 Å². The molecule has 0 heterocycles. The van der Waals surface area contributed by atoms with E-state index in [0.717, 1.165) is 24.3 Å². The van der Waals surface area contributed by atoms with Crippen molar-refractivity contribution < 1.29 is 10.2 Å². The molecule has 0 saturated carbocycles. The molecule has 2 atom stereocenters. The number of halogens is 2. The molecule has 0 bridgehead atoms. The van der Waals surface area contributed by atoms with Crippen LogP contribution in [0.3, 0.4) is 0 Å². The van der Waals surface area contributed by atoms with Gasteiger partial charge in [-0.05, 0) is 12.8 Å². The Bertz CT molecular complexity index is 91.5. The lowest BCUT2D eigenvalue weighted by Gasteiger charge is -2.03. The van der Waals surface area contributed by atoms with Gasteiger partial charge in [0.05, 0.1) is 0 Å². The highest BCUT2D eigenvalue weighted by Gasteiger charge is 1.99. The van der Waals surface area contributed by atoms with Crippen LogP contribution in [0.15, 0.2) is 0 Å². The number of aliphatic hydroxyl groups is 2. The highest BCUT2D eigenvalue weighted by Crippen LogP contribution is 2.24. The van der Waals surface area contributed by atoms with Crippen molar-refractivity contribution in [3.05, 3.63) is 0 Å². The van der Waals surface area contributed by atoms with E-state index in [9.17, 15) is 0 Å². The third-order valence-electron chi connectivity index (χ3n) is 0.962. The number of rotatable bonds is 7. The molecule has 2 nitrogen and oxygen atoms in total. The number of aliphatic hydroxyl groups excluding tert-OH is 2. The van der Waals surface area contributed by atoms with E-state index in [2.05, 4.69) is 31.9 Å². The zero-order valence-electron chi connectivity index (χ0n) is 6.45. The van der Waals surface area contributed by atoms with Crippen molar-refractivity contribution >= 4 is 53.4 Å². The first kappa shape index (κ1) is 13.6. The van der Waals surface area contributed by atoms with Crippen LogP contribution in [0.1, 0.15) is 12.8 Å². The molecule has 0 aliphatic rings. The van der Waals surface area contributed by atoms with E-state index in [0.29, 0.717) is 0 Å². The van der Waals surface area contributed by atoms with E-state index < -0.39 is 0 Å². The molecule has 0 rings (SSSR count). The maximum Gasteiger partial charge on any atom is 0.109 e. The minimum Gasteiger partial charge on any atom is -0.382 e. The zero-order valence-corrected chi connectivity index (χ0v) is 11.3. The van der Waals surface area contributed by atoms with Gasteiger partial charge in [-0.15, -0.1) is 0 Å². The maximum atomic E-state index is 8.84. The van der Waals surface area contributed by atoms with E-state index in [1.807, 2.05) is 0 Å². The fourth-order valence-corrected chi connectivity index (χ4v) is 3.63. The quantitative estimate of drug-likeness (QED) is 0.425. The van der Waals surface area contributed by atoms with E-state index in [4.69, 9.17) is 10.2 Å². The van der Waals surface area contributed by atoms with Crippen LogP contribution < -0.4 is 0 Å². The molecule has 0 saturated heterocycles. The first-order valence-corrected chi connectivity index (χ1v) is 7.83. The molecule has 0 amide bonds. The molecule has 0 aliphatic heterocycles. The van der Waals surface area contributed by atoms with Gasteiger partial charge < -0.3 is 10.2 Å². The smallest absolute Gasteiger partial charge is 0.109 e. The molecule has 0 spiro atoms. The van der Waals surface area contributed by atoms with Crippen molar-refractivity contribution in [1.29, 1.82) is 0 Å². The summed E-state index contributed by atoms with van der Waals surface area (Å²) in [5, 5.41) is 16.9. The summed E-state index contributed by atoms with van der Waals surface area (Å²) in [4.78, 5) is 0. The summed E-state index contributed by atoms with van der Waals surface area (Å²) in [6.45, 7) is 0. The van der Waals surface area contributed by atoms with Gasteiger partial charge >= 0.3 is 0 Å². The topological polar surface area (TPSA) is 40.5 Å². The van der Waals surface area contributed by atoms with Crippen LogP contribution in [0.5, 0.6) is 0 Å². The van der Waals surface area contributed by atoms with Crippen LogP contribution >= 0.6 is 53.4 Å². The van der Waals surface area contributed by atoms with Gasteiger partial charge in [-0.2, -0.15) is 0 Å². The SMILES string of the molecule is OC(Br)CCSSCCC(O)Br. The number of hydrogen-bond acceptors (Lipinski definition) is 4. The van der Waals surface area contributed by atoms with Crippen LogP contribution in [0.25, 0.3) is 0 Å². The Labute approximate surface area is 97.5 Å². The lowest BCUT2D eigenvalue weighted by molar-refractivity contribution is 0.267. The predicted molar refractivity (Wildman–Crippen MR) is 64.0 cm³/mol. The zero-order chi connectivity index (χ0) is 9.40. The van der Waals surface area contributed by atoms with Crippen LogP contribution in [-0.4, -0.2) is 31.7 Å². The molecule has 0 aromatic heterocycles. The van der Waals surface area contributed by atoms with Crippen molar-refractivity contribution in [3.63, 3.8) is 0 Å². The first-order valence-electron chi connectivity index (χ1n) is 3.51. The van der Waals surface area contributed by atoms with Crippen molar-refractivity contribution in [1.82, 2.24) is 0 Å². The Balaban J connectivity index is 2.91. The molecular formula is C6H12Br2O2S2. The average molecular weight is 340 g/mol. The normalized spacial score (nSPS) is 16.0. The van der Waals surface area contributed by atoms with Crippen LogP contribution in [0.2, 0.25) is 0 Å². The van der Waals surface area contributed by atoms with Gasteiger partial charge in [0, 0.05) is 11.5 Å². The average Bonchev–Trinajstić information content (AvgIpc) is 1.95. The molecule has 0 fully saturated rings. The molecule has 0 aliphatic carbocycles. The van der Waals surface area contributed by atoms with Gasteiger partial charge in [0.1, 0.15) is 10.0 Å². The summed E-state index contributed by atoms with van der Waals surface area (Å²) in [5.74, 6) is 1.85. The van der Waals surface area contributed by atoms with Crippen LogP contribution in [-0.2, 0) is 0 Å². The lowest BCUT2D eigenvalue weighted by atomic mass is 10.5. The van der Waals surface area contributed by atoms with Gasteiger partial charge in [-0.3, -0.25) is 0 Å². The van der Waals surface area contributed by atoms with Crippen LogP contribution in [0.4, 0.5) is 0 Å². The summed E-state index contributed by atoms with van der Waals surface area (Å²) in [7, 11) is 3.44. The number of alkyl halides is 2. The molecule has 74 valence electrons. The Morgan fingerprint density at radius 2 is 1.25 bits per heavy atom. The largest absolute Gasteiger partial charge is 0.382 e. The summed E-state index contributed by atoms with van der Waals surface area (Å²) in [6.07, 6.45) is 1.52. The van der Waals surface area contributed by atoms with Gasteiger partial charge in [0.25, 0.3) is 0 Å². The summed E-state index contributed by atoms with van der Waals surface area (Å²) in [5.41, 5.74) is 0. The monoisotopic (exact) mass is 338 g/mol. The molecule has 0 radical (unpaired) electrons. The van der Waals surface area contributed by atoms with Gasteiger partial charge in [-0.25, -0.2) is 0 Å². The van der Waals surface area contributed by atoms with Gasteiger partial charge in [-0.1, -0.05) is 53.4 Å². The third kappa shape index (κ3) is 11.6. The standard InChI is InChI=1S/C6H12Br2O2S2/c7-5(9)1-3-11-12-4-2-6(8)10/h5-6,9-10H,1-4H2. The van der Waals surface area contributed by atoms with E-state index in [1.165, 1.54) is 0 Å². The maximum absolute atomic E-state index is 8.84. The Morgan fingerprint density at radius 1 is 0.917 bits per heavy atom. The highest BCUT2D eigenvalue weighted by atomic mass is 79.9.